The zero-order valence-corrected chi connectivity index (χ0v) is 12.4. The number of carbonyl (C=O) groups excluding carboxylic acids is 1. The lowest BCUT2D eigenvalue weighted by molar-refractivity contribution is -0.116. The Bertz CT molecular complexity index is 582. The topological polar surface area (TPSA) is 41.1 Å². The van der Waals surface area contributed by atoms with Gasteiger partial charge in [0.15, 0.2) is 0 Å². The fraction of sp³-hybridized carbons (Fsp3) is 0.133. The van der Waals surface area contributed by atoms with Gasteiger partial charge < -0.3 is 10.6 Å². The highest BCUT2D eigenvalue weighted by atomic mass is 35.5. The van der Waals surface area contributed by atoms with Crippen molar-refractivity contribution >= 4 is 40.5 Å². The number of para-hydroxylation sites is 1. The summed E-state index contributed by atoms with van der Waals surface area (Å²) in [6.07, 6.45) is 0. The number of halogens is 2. The molecular formula is C15H14Cl2N2O. The van der Waals surface area contributed by atoms with Crippen LogP contribution in [-0.2, 0) is 4.79 Å². The molecule has 20 heavy (non-hydrogen) atoms. The van der Waals surface area contributed by atoms with E-state index in [4.69, 9.17) is 23.2 Å². The van der Waals surface area contributed by atoms with E-state index in [9.17, 15) is 4.79 Å². The van der Waals surface area contributed by atoms with Gasteiger partial charge in [-0.1, -0.05) is 41.4 Å². The summed E-state index contributed by atoms with van der Waals surface area (Å²) in [6.45, 7) is 1.79. The smallest absolute Gasteiger partial charge is 0.246 e. The predicted octanol–water partition coefficient (Wildman–Crippen LogP) is 4.43. The van der Waals surface area contributed by atoms with E-state index in [1.54, 1.807) is 25.1 Å². The first kappa shape index (κ1) is 14.7. The van der Waals surface area contributed by atoms with Crippen molar-refractivity contribution in [1.82, 2.24) is 0 Å². The van der Waals surface area contributed by atoms with Gasteiger partial charge in [-0.25, -0.2) is 0 Å². The highest BCUT2D eigenvalue weighted by Gasteiger charge is 2.13. The highest BCUT2D eigenvalue weighted by Crippen LogP contribution is 2.22. The number of benzene rings is 2. The van der Waals surface area contributed by atoms with Crippen molar-refractivity contribution < 1.29 is 4.79 Å². The van der Waals surface area contributed by atoms with Crippen LogP contribution in [0.4, 0.5) is 11.4 Å². The molecule has 0 aliphatic heterocycles. The van der Waals surface area contributed by atoms with Gasteiger partial charge in [-0.3, -0.25) is 4.79 Å². The monoisotopic (exact) mass is 308 g/mol. The SMILES string of the molecule is C[C@@H](Nc1ccccc1)C(=O)Nc1cc(Cl)cc(Cl)c1. The quantitative estimate of drug-likeness (QED) is 0.877. The van der Waals surface area contributed by atoms with Crippen LogP contribution < -0.4 is 10.6 Å². The second kappa shape index (κ2) is 6.64. The number of anilines is 2. The maximum Gasteiger partial charge on any atom is 0.246 e. The minimum Gasteiger partial charge on any atom is -0.374 e. The third-order valence-electron chi connectivity index (χ3n) is 2.68. The molecule has 0 aliphatic rings. The van der Waals surface area contributed by atoms with E-state index < -0.39 is 0 Å². The number of amides is 1. The largest absolute Gasteiger partial charge is 0.374 e. The van der Waals surface area contributed by atoms with Crippen LogP contribution in [0.5, 0.6) is 0 Å². The lowest BCUT2D eigenvalue weighted by atomic mass is 10.2. The van der Waals surface area contributed by atoms with Crippen LogP contribution in [0.3, 0.4) is 0 Å². The van der Waals surface area contributed by atoms with Gasteiger partial charge in [0.05, 0.1) is 0 Å². The van der Waals surface area contributed by atoms with Crippen molar-refractivity contribution in [3.63, 3.8) is 0 Å². The molecule has 0 aromatic heterocycles. The first-order chi connectivity index (χ1) is 9.54. The first-order valence-corrected chi connectivity index (χ1v) is 6.89. The molecule has 0 radical (unpaired) electrons. The Labute approximate surface area is 127 Å². The number of carbonyl (C=O) groups is 1. The van der Waals surface area contributed by atoms with Crippen molar-refractivity contribution in [2.45, 2.75) is 13.0 Å². The van der Waals surface area contributed by atoms with E-state index >= 15 is 0 Å². The molecule has 0 bridgehead atoms. The van der Waals surface area contributed by atoms with Crippen LogP contribution in [-0.4, -0.2) is 11.9 Å². The van der Waals surface area contributed by atoms with E-state index in [0.717, 1.165) is 5.69 Å². The van der Waals surface area contributed by atoms with E-state index in [2.05, 4.69) is 10.6 Å². The number of rotatable bonds is 4. The third kappa shape index (κ3) is 4.15. The molecule has 3 nitrogen and oxygen atoms in total. The zero-order chi connectivity index (χ0) is 14.5. The molecule has 0 saturated carbocycles. The van der Waals surface area contributed by atoms with Crippen LogP contribution >= 0.6 is 23.2 Å². The summed E-state index contributed by atoms with van der Waals surface area (Å²) in [5, 5.41) is 6.85. The minimum atomic E-state index is -0.379. The molecule has 5 heteroatoms. The van der Waals surface area contributed by atoms with Gasteiger partial charge in [-0.15, -0.1) is 0 Å². The Morgan fingerprint density at radius 1 is 1.00 bits per heavy atom. The van der Waals surface area contributed by atoms with Crippen LogP contribution in [0.15, 0.2) is 48.5 Å². The molecule has 0 unspecified atom stereocenters. The molecule has 1 amide bonds. The molecule has 2 rings (SSSR count). The zero-order valence-electron chi connectivity index (χ0n) is 10.9. The summed E-state index contributed by atoms with van der Waals surface area (Å²) in [5.41, 5.74) is 1.47. The van der Waals surface area contributed by atoms with Crippen molar-refractivity contribution in [2.75, 3.05) is 10.6 Å². The summed E-state index contributed by atoms with van der Waals surface area (Å²) in [4.78, 5) is 12.1. The van der Waals surface area contributed by atoms with Gasteiger partial charge in [0.1, 0.15) is 6.04 Å². The average Bonchev–Trinajstić information content (AvgIpc) is 2.38. The molecule has 0 spiro atoms. The Kier molecular flexibility index (Phi) is 4.88. The van der Waals surface area contributed by atoms with Crippen LogP contribution in [0.2, 0.25) is 10.0 Å². The molecule has 2 aromatic rings. The standard InChI is InChI=1S/C15H14Cl2N2O/c1-10(18-13-5-3-2-4-6-13)15(20)19-14-8-11(16)7-12(17)9-14/h2-10,18H,1H3,(H,19,20)/t10-/m1/s1. The third-order valence-corrected chi connectivity index (χ3v) is 3.12. The number of hydrogen-bond acceptors (Lipinski definition) is 2. The predicted molar refractivity (Wildman–Crippen MR) is 84.6 cm³/mol. The van der Waals surface area contributed by atoms with E-state index in [1.165, 1.54) is 0 Å². The molecular weight excluding hydrogens is 295 g/mol. The second-order valence-corrected chi connectivity index (χ2v) is 5.25. The lowest BCUT2D eigenvalue weighted by Gasteiger charge is -2.15. The van der Waals surface area contributed by atoms with E-state index in [1.807, 2.05) is 30.3 Å². The molecule has 2 N–H and O–H groups in total. The molecule has 0 saturated heterocycles. The summed E-state index contributed by atoms with van der Waals surface area (Å²) in [6, 6.07) is 14.1. The molecule has 1 atom stereocenters. The number of hydrogen-bond donors (Lipinski definition) is 2. The molecule has 0 aliphatic carbocycles. The minimum absolute atomic E-state index is 0.160. The Morgan fingerprint density at radius 3 is 2.20 bits per heavy atom. The van der Waals surface area contributed by atoms with Crippen LogP contribution in [0.25, 0.3) is 0 Å². The molecule has 104 valence electrons. The summed E-state index contributed by atoms with van der Waals surface area (Å²) in [5.74, 6) is -0.160. The molecule has 0 heterocycles. The van der Waals surface area contributed by atoms with Crippen molar-refractivity contribution in [3.8, 4) is 0 Å². The van der Waals surface area contributed by atoms with Crippen LogP contribution in [0.1, 0.15) is 6.92 Å². The van der Waals surface area contributed by atoms with E-state index in [-0.39, 0.29) is 11.9 Å². The van der Waals surface area contributed by atoms with Crippen molar-refractivity contribution in [3.05, 3.63) is 58.6 Å². The fourth-order valence-electron chi connectivity index (χ4n) is 1.73. The Hall–Kier alpha value is -1.71. The van der Waals surface area contributed by atoms with Gasteiger partial charge in [-0.2, -0.15) is 0 Å². The van der Waals surface area contributed by atoms with Crippen LogP contribution in [0, 0.1) is 0 Å². The van der Waals surface area contributed by atoms with Gasteiger partial charge in [0.25, 0.3) is 0 Å². The molecule has 0 fully saturated rings. The summed E-state index contributed by atoms with van der Waals surface area (Å²) < 4.78 is 0. The Morgan fingerprint density at radius 2 is 1.60 bits per heavy atom. The second-order valence-electron chi connectivity index (χ2n) is 4.38. The maximum atomic E-state index is 12.1. The average molecular weight is 309 g/mol. The summed E-state index contributed by atoms with van der Waals surface area (Å²) in [7, 11) is 0. The first-order valence-electron chi connectivity index (χ1n) is 6.13. The maximum absolute atomic E-state index is 12.1. The normalized spacial score (nSPS) is 11.8. The molecule has 2 aromatic carbocycles. The van der Waals surface area contributed by atoms with Gasteiger partial charge in [0.2, 0.25) is 5.91 Å². The Balaban J connectivity index is 2.00. The fourth-order valence-corrected chi connectivity index (χ4v) is 2.25. The lowest BCUT2D eigenvalue weighted by Crippen LogP contribution is -2.31. The van der Waals surface area contributed by atoms with E-state index in [0.29, 0.717) is 15.7 Å². The summed E-state index contributed by atoms with van der Waals surface area (Å²) >= 11 is 11.8. The van der Waals surface area contributed by atoms with Gasteiger partial charge >= 0.3 is 0 Å². The number of nitrogens with one attached hydrogen (secondary N) is 2. The highest BCUT2D eigenvalue weighted by molar-refractivity contribution is 6.35. The van der Waals surface area contributed by atoms with Gasteiger partial charge in [-0.05, 0) is 37.3 Å². The van der Waals surface area contributed by atoms with Gasteiger partial charge in [0, 0.05) is 21.4 Å². The van der Waals surface area contributed by atoms with Crippen molar-refractivity contribution in [1.29, 1.82) is 0 Å². The van der Waals surface area contributed by atoms with Crippen molar-refractivity contribution in [2.24, 2.45) is 0 Å².